The zero-order valence-electron chi connectivity index (χ0n) is 7.75. The average Bonchev–Trinajstić information content (AvgIpc) is 2.11. The zero-order valence-corrected chi connectivity index (χ0v) is 7.75. The third kappa shape index (κ3) is 2.41. The summed E-state index contributed by atoms with van der Waals surface area (Å²) >= 11 is 0. The third-order valence-corrected chi connectivity index (χ3v) is 1.99. The second-order valence-electron chi connectivity index (χ2n) is 3.37. The Balaban J connectivity index is 2.64. The molecule has 5 nitrogen and oxygen atoms in total. The van der Waals surface area contributed by atoms with Crippen molar-refractivity contribution in [2.75, 3.05) is 13.2 Å². The summed E-state index contributed by atoms with van der Waals surface area (Å²) in [5.74, 6) is -1.10. The zero-order chi connectivity index (χ0) is 10.8. The van der Waals surface area contributed by atoms with E-state index in [1.54, 1.807) is 0 Å². The molecule has 0 saturated carbocycles. The summed E-state index contributed by atoms with van der Waals surface area (Å²) in [6.45, 7) is 0.0372. The maximum absolute atomic E-state index is 13.5. The van der Waals surface area contributed by atoms with Crippen LogP contribution in [0.25, 0.3) is 0 Å². The van der Waals surface area contributed by atoms with Gasteiger partial charge in [-0.1, -0.05) is 0 Å². The minimum atomic E-state index is -1.94. The van der Waals surface area contributed by atoms with E-state index < -0.39 is 36.8 Å². The van der Waals surface area contributed by atoms with Crippen molar-refractivity contribution < 1.29 is 23.8 Å². The van der Waals surface area contributed by atoms with E-state index in [-0.39, 0.29) is 6.42 Å². The van der Waals surface area contributed by atoms with E-state index in [0.717, 1.165) is 0 Å². The molecule has 0 spiro atoms. The lowest BCUT2D eigenvalue weighted by Gasteiger charge is -2.32. The second kappa shape index (κ2) is 3.91. The Morgan fingerprint density at radius 2 is 2.50 bits per heavy atom. The first-order chi connectivity index (χ1) is 6.47. The summed E-state index contributed by atoms with van der Waals surface area (Å²) in [6.07, 6.45) is -0.248. The number of halogens is 1. The minimum absolute atomic E-state index is 0.248. The number of aliphatic hydroxyl groups excluding tert-OH is 1. The van der Waals surface area contributed by atoms with E-state index in [9.17, 15) is 14.0 Å². The molecular weight excluding hydrogens is 193 g/mol. The lowest BCUT2D eigenvalue weighted by atomic mass is 9.96. The highest BCUT2D eigenvalue weighted by atomic mass is 19.1. The fraction of sp³-hybridized carbons (Fsp3) is 0.750. The maximum atomic E-state index is 13.5. The van der Waals surface area contributed by atoms with Crippen LogP contribution in [0.1, 0.15) is 13.3 Å². The number of nitrogens with one attached hydrogen (secondary N) is 1. The van der Waals surface area contributed by atoms with Crippen molar-refractivity contribution in [3.63, 3.8) is 0 Å². The van der Waals surface area contributed by atoms with Gasteiger partial charge in [-0.2, -0.15) is 0 Å². The topological polar surface area (TPSA) is 75.6 Å². The van der Waals surface area contributed by atoms with Gasteiger partial charge in [0.05, 0.1) is 6.61 Å². The standard InChI is InChI=1S/C8H12FNO4/c1-5(12)10-6-2-8(9,3-11)4-14-7(6)13/h6,11H,2-4H2,1H3,(H,10,12)/t6-,8-/m0/s1. The van der Waals surface area contributed by atoms with Crippen LogP contribution >= 0.6 is 0 Å². The number of hydrogen-bond acceptors (Lipinski definition) is 4. The van der Waals surface area contributed by atoms with Crippen molar-refractivity contribution in [2.45, 2.75) is 25.1 Å². The van der Waals surface area contributed by atoms with Gasteiger partial charge in [-0.3, -0.25) is 4.79 Å². The third-order valence-electron chi connectivity index (χ3n) is 1.99. The van der Waals surface area contributed by atoms with Crippen molar-refractivity contribution in [2.24, 2.45) is 0 Å². The first-order valence-electron chi connectivity index (χ1n) is 4.20. The van der Waals surface area contributed by atoms with Crippen molar-refractivity contribution in [3.8, 4) is 0 Å². The van der Waals surface area contributed by atoms with Crippen molar-refractivity contribution in [1.29, 1.82) is 0 Å². The lowest BCUT2D eigenvalue weighted by Crippen LogP contribution is -2.53. The summed E-state index contributed by atoms with van der Waals surface area (Å²) in [5.41, 5.74) is -1.94. The fourth-order valence-corrected chi connectivity index (χ4v) is 1.27. The molecule has 0 aromatic rings. The van der Waals surface area contributed by atoms with E-state index >= 15 is 0 Å². The summed E-state index contributed by atoms with van der Waals surface area (Å²) in [5, 5.41) is 11.0. The monoisotopic (exact) mass is 205 g/mol. The van der Waals surface area contributed by atoms with Crippen LogP contribution in [0.4, 0.5) is 4.39 Å². The molecular formula is C8H12FNO4. The van der Waals surface area contributed by atoms with Gasteiger partial charge in [0.25, 0.3) is 0 Å². The highest BCUT2D eigenvalue weighted by molar-refractivity contribution is 5.83. The fourth-order valence-electron chi connectivity index (χ4n) is 1.27. The number of rotatable bonds is 2. The number of alkyl halides is 1. The number of aliphatic hydroxyl groups is 1. The molecule has 1 aliphatic rings. The van der Waals surface area contributed by atoms with Crippen LogP contribution < -0.4 is 5.32 Å². The Morgan fingerprint density at radius 1 is 1.86 bits per heavy atom. The van der Waals surface area contributed by atoms with Crippen LogP contribution in [-0.4, -0.2) is 41.9 Å². The molecule has 1 heterocycles. The number of carbonyl (C=O) groups is 2. The first-order valence-corrected chi connectivity index (χ1v) is 4.20. The first kappa shape index (κ1) is 10.9. The summed E-state index contributed by atoms with van der Waals surface area (Å²) in [6, 6.07) is -1.00. The average molecular weight is 205 g/mol. The van der Waals surface area contributed by atoms with Gasteiger partial charge in [0.15, 0.2) is 5.67 Å². The van der Waals surface area contributed by atoms with Gasteiger partial charge in [0.2, 0.25) is 5.91 Å². The Morgan fingerprint density at radius 3 is 3.00 bits per heavy atom. The normalized spacial score (nSPS) is 32.2. The molecule has 14 heavy (non-hydrogen) atoms. The Kier molecular flexibility index (Phi) is 3.05. The molecule has 2 N–H and O–H groups in total. The molecule has 0 unspecified atom stereocenters. The minimum Gasteiger partial charge on any atom is -0.461 e. The molecule has 1 rings (SSSR count). The van der Waals surface area contributed by atoms with Crippen LogP contribution in [0.2, 0.25) is 0 Å². The van der Waals surface area contributed by atoms with E-state index in [1.165, 1.54) is 6.92 Å². The number of cyclic esters (lactones) is 1. The molecule has 1 amide bonds. The molecule has 1 fully saturated rings. The predicted octanol–water partition coefficient (Wildman–Crippen LogP) is -0.861. The van der Waals surface area contributed by atoms with Gasteiger partial charge >= 0.3 is 5.97 Å². The molecule has 0 aliphatic carbocycles. The largest absolute Gasteiger partial charge is 0.461 e. The lowest BCUT2D eigenvalue weighted by molar-refractivity contribution is -0.163. The van der Waals surface area contributed by atoms with Crippen LogP contribution in [0.5, 0.6) is 0 Å². The van der Waals surface area contributed by atoms with Gasteiger partial charge in [-0.15, -0.1) is 0 Å². The molecule has 1 aliphatic heterocycles. The van der Waals surface area contributed by atoms with Crippen LogP contribution in [-0.2, 0) is 14.3 Å². The molecule has 0 bridgehead atoms. The molecule has 1 saturated heterocycles. The quantitative estimate of drug-likeness (QED) is 0.575. The predicted molar refractivity (Wildman–Crippen MR) is 44.1 cm³/mol. The van der Waals surface area contributed by atoms with Crippen molar-refractivity contribution in [1.82, 2.24) is 5.32 Å². The van der Waals surface area contributed by atoms with Crippen LogP contribution in [0.15, 0.2) is 0 Å². The molecule has 0 aromatic carbocycles. The maximum Gasteiger partial charge on any atom is 0.328 e. The number of esters is 1. The van der Waals surface area contributed by atoms with Gasteiger partial charge in [0.1, 0.15) is 12.6 Å². The van der Waals surface area contributed by atoms with Gasteiger partial charge < -0.3 is 15.2 Å². The van der Waals surface area contributed by atoms with E-state index in [4.69, 9.17) is 5.11 Å². The number of amides is 1. The molecule has 0 radical (unpaired) electrons. The second-order valence-corrected chi connectivity index (χ2v) is 3.37. The summed E-state index contributed by atoms with van der Waals surface area (Å²) in [7, 11) is 0. The Bertz CT molecular complexity index is 258. The van der Waals surface area contributed by atoms with Gasteiger partial charge in [-0.25, -0.2) is 9.18 Å². The van der Waals surface area contributed by atoms with E-state index in [0.29, 0.717) is 0 Å². The number of ether oxygens (including phenoxy) is 1. The van der Waals surface area contributed by atoms with Crippen molar-refractivity contribution in [3.05, 3.63) is 0 Å². The van der Waals surface area contributed by atoms with E-state index in [1.807, 2.05) is 0 Å². The molecule has 0 aromatic heterocycles. The Labute approximate surface area is 80.2 Å². The SMILES string of the molecule is CC(=O)N[C@H]1C[C@](F)(CO)COC1=O. The number of carbonyl (C=O) groups excluding carboxylic acids is 2. The van der Waals surface area contributed by atoms with E-state index in [2.05, 4.69) is 10.1 Å². The Hall–Kier alpha value is -1.17. The molecule has 6 heteroatoms. The van der Waals surface area contributed by atoms with Crippen LogP contribution in [0.3, 0.4) is 0 Å². The molecule has 80 valence electrons. The summed E-state index contributed by atoms with van der Waals surface area (Å²) < 4.78 is 18.0. The highest BCUT2D eigenvalue weighted by Crippen LogP contribution is 2.23. The van der Waals surface area contributed by atoms with Gasteiger partial charge in [-0.05, 0) is 0 Å². The highest BCUT2D eigenvalue weighted by Gasteiger charge is 2.42. The van der Waals surface area contributed by atoms with Crippen molar-refractivity contribution >= 4 is 11.9 Å². The molecule has 2 atom stereocenters. The number of hydrogen-bond donors (Lipinski definition) is 2. The van der Waals surface area contributed by atoms with Gasteiger partial charge in [0, 0.05) is 13.3 Å². The summed E-state index contributed by atoms with van der Waals surface area (Å²) in [4.78, 5) is 21.7. The van der Waals surface area contributed by atoms with Crippen LogP contribution in [0, 0.1) is 0 Å². The smallest absolute Gasteiger partial charge is 0.328 e.